The van der Waals surface area contributed by atoms with Crippen LogP contribution < -0.4 is 11.5 Å². The molecule has 8 heteroatoms. The molecule has 0 saturated heterocycles. The number of nitrogen functional groups attached to an aromatic ring is 2. The molecule has 0 aliphatic rings. The van der Waals surface area contributed by atoms with Crippen LogP contribution in [0.5, 0.6) is 0 Å². The van der Waals surface area contributed by atoms with Crippen LogP contribution in [-0.2, 0) is 0 Å². The molecular formula is C18H14N4O4. The second-order valence-electron chi connectivity index (χ2n) is 5.60. The summed E-state index contributed by atoms with van der Waals surface area (Å²) in [7, 11) is 0. The van der Waals surface area contributed by atoms with Crippen LogP contribution in [0.3, 0.4) is 0 Å². The number of benzene rings is 3. The van der Waals surface area contributed by atoms with E-state index >= 15 is 0 Å². The summed E-state index contributed by atoms with van der Waals surface area (Å²) in [6.45, 7) is 0. The molecule has 0 fully saturated rings. The molecule has 0 aliphatic carbocycles. The number of nitrogens with zero attached hydrogens (tertiary/aromatic N) is 2. The number of anilines is 2. The van der Waals surface area contributed by atoms with Crippen molar-refractivity contribution in [3.8, 4) is 22.3 Å². The van der Waals surface area contributed by atoms with E-state index in [1.165, 1.54) is 24.3 Å². The molecule has 0 spiro atoms. The van der Waals surface area contributed by atoms with Gasteiger partial charge in [0.1, 0.15) is 0 Å². The van der Waals surface area contributed by atoms with Crippen LogP contribution in [-0.4, -0.2) is 9.85 Å². The lowest BCUT2D eigenvalue weighted by Gasteiger charge is -2.15. The predicted octanol–water partition coefficient (Wildman–Crippen LogP) is 4.00. The van der Waals surface area contributed by atoms with E-state index in [1.54, 1.807) is 36.4 Å². The van der Waals surface area contributed by atoms with Gasteiger partial charge in [0.2, 0.25) is 0 Å². The van der Waals surface area contributed by atoms with Crippen LogP contribution in [0.25, 0.3) is 22.3 Å². The third-order valence-electron chi connectivity index (χ3n) is 4.00. The van der Waals surface area contributed by atoms with Crippen molar-refractivity contribution in [3.05, 3.63) is 80.9 Å². The summed E-state index contributed by atoms with van der Waals surface area (Å²) in [6, 6.07) is 15.2. The molecule has 8 nitrogen and oxygen atoms in total. The highest BCUT2D eigenvalue weighted by Crippen LogP contribution is 2.41. The fraction of sp³-hybridized carbons (Fsp3) is 0. The highest BCUT2D eigenvalue weighted by molar-refractivity contribution is 5.97. The maximum Gasteiger partial charge on any atom is 0.269 e. The molecule has 0 aliphatic heterocycles. The molecule has 130 valence electrons. The average molecular weight is 350 g/mol. The first-order valence-corrected chi connectivity index (χ1v) is 7.56. The number of nitrogens with two attached hydrogens (primary N) is 2. The summed E-state index contributed by atoms with van der Waals surface area (Å²) in [5.41, 5.74) is 15.7. The number of rotatable bonds is 4. The SMILES string of the molecule is Nc1ccc(N)c(-c2ccc([N+](=O)[O-])cc2)c1-c1ccc([N+](=O)[O-])cc1. The summed E-state index contributed by atoms with van der Waals surface area (Å²) in [4.78, 5) is 20.7. The van der Waals surface area contributed by atoms with Crippen LogP contribution >= 0.6 is 0 Å². The van der Waals surface area contributed by atoms with E-state index in [2.05, 4.69) is 0 Å². The smallest absolute Gasteiger partial charge is 0.269 e. The van der Waals surface area contributed by atoms with Crippen molar-refractivity contribution in [2.24, 2.45) is 0 Å². The van der Waals surface area contributed by atoms with Gasteiger partial charge in [-0.2, -0.15) is 0 Å². The van der Waals surface area contributed by atoms with Crippen LogP contribution in [0, 0.1) is 20.2 Å². The molecule has 0 aromatic heterocycles. The Morgan fingerprint density at radius 3 is 1.15 bits per heavy atom. The van der Waals surface area contributed by atoms with Gasteiger partial charge in [-0.25, -0.2) is 0 Å². The Morgan fingerprint density at radius 1 is 0.577 bits per heavy atom. The largest absolute Gasteiger partial charge is 0.398 e. The fourth-order valence-corrected chi connectivity index (χ4v) is 2.76. The van der Waals surface area contributed by atoms with Gasteiger partial charge in [0, 0.05) is 46.8 Å². The van der Waals surface area contributed by atoms with Gasteiger partial charge in [0.05, 0.1) is 9.85 Å². The maximum absolute atomic E-state index is 10.9. The maximum atomic E-state index is 10.9. The molecule has 3 aromatic rings. The van der Waals surface area contributed by atoms with Crippen molar-refractivity contribution in [1.82, 2.24) is 0 Å². The molecule has 0 bridgehead atoms. The minimum absolute atomic E-state index is 0.0342. The monoisotopic (exact) mass is 350 g/mol. The third kappa shape index (κ3) is 3.03. The molecular weight excluding hydrogens is 336 g/mol. The average Bonchev–Trinajstić information content (AvgIpc) is 2.63. The van der Waals surface area contributed by atoms with E-state index in [0.29, 0.717) is 33.6 Å². The van der Waals surface area contributed by atoms with Gasteiger partial charge in [-0.05, 0) is 47.5 Å². The fourth-order valence-electron chi connectivity index (χ4n) is 2.76. The molecule has 0 heterocycles. The molecule has 0 unspecified atom stereocenters. The minimum atomic E-state index is -0.482. The van der Waals surface area contributed by atoms with Crippen molar-refractivity contribution in [2.45, 2.75) is 0 Å². The van der Waals surface area contributed by atoms with E-state index in [9.17, 15) is 20.2 Å². The number of nitro benzene ring substituents is 2. The first-order valence-electron chi connectivity index (χ1n) is 7.56. The van der Waals surface area contributed by atoms with Crippen LogP contribution in [0.1, 0.15) is 0 Å². The summed E-state index contributed by atoms with van der Waals surface area (Å²) in [6.07, 6.45) is 0. The molecule has 0 amide bonds. The van der Waals surface area contributed by atoms with Gasteiger partial charge in [0.25, 0.3) is 11.4 Å². The zero-order valence-corrected chi connectivity index (χ0v) is 13.5. The van der Waals surface area contributed by atoms with Gasteiger partial charge in [0.15, 0.2) is 0 Å². The van der Waals surface area contributed by atoms with Crippen molar-refractivity contribution in [3.63, 3.8) is 0 Å². The number of nitro groups is 2. The zero-order valence-electron chi connectivity index (χ0n) is 13.5. The van der Waals surface area contributed by atoms with Crippen molar-refractivity contribution < 1.29 is 9.85 Å². The molecule has 4 N–H and O–H groups in total. The Bertz CT molecular complexity index is 916. The first kappa shape index (κ1) is 16.9. The lowest BCUT2D eigenvalue weighted by molar-refractivity contribution is -0.385. The quantitative estimate of drug-likeness (QED) is 0.414. The van der Waals surface area contributed by atoms with Gasteiger partial charge in [-0.1, -0.05) is 0 Å². The Morgan fingerprint density at radius 2 is 0.885 bits per heavy atom. The Hall–Kier alpha value is -3.94. The summed E-state index contributed by atoms with van der Waals surface area (Å²) >= 11 is 0. The van der Waals surface area contributed by atoms with Crippen LogP contribution in [0.4, 0.5) is 22.7 Å². The minimum Gasteiger partial charge on any atom is -0.398 e. The topological polar surface area (TPSA) is 138 Å². The van der Waals surface area contributed by atoms with Crippen molar-refractivity contribution >= 4 is 22.7 Å². The van der Waals surface area contributed by atoms with Gasteiger partial charge < -0.3 is 11.5 Å². The molecule has 3 aromatic carbocycles. The van der Waals surface area contributed by atoms with E-state index in [1.807, 2.05) is 0 Å². The van der Waals surface area contributed by atoms with Crippen LogP contribution in [0.15, 0.2) is 60.7 Å². The second-order valence-corrected chi connectivity index (χ2v) is 5.60. The highest BCUT2D eigenvalue weighted by Gasteiger charge is 2.16. The van der Waals surface area contributed by atoms with E-state index in [4.69, 9.17) is 11.5 Å². The second kappa shape index (κ2) is 6.52. The summed E-state index contributed by atoms with van der Waals surface area (Å²) in [5.74, 6) is 0. The van der Waals surface area contributed by atoms with Gasteiger partial charge in [-0.3, -0.25) is 20.2 Å². The van der Waals surface area contributed by atoms with Gasteiger partial charge in [-0.15, -0.1) is 0 Å². The third-order valence-corrected chi connectivity index (χ3v) is 4.00. The normalized spacial score (nSPS) is 10.5. The Balaban J connectivity index is 2.18. The molecule has 26 heavy (non-hydrogen) atoms. The summed E-state index contributed by atoms with van der Waals surface area (Å²) < 4.78 is 0. The Kier molecular flexibility index (Phi) is 4.24. The van der Waals surface area contributed by atoms with Crippen molar-refractivity contribution in [2.75, 3.05) is 11.5 Å². The lowest BCUT2D eigenvalue weighted by Crippen LogP contribution is -1.99. The van der Waals surface area contributed by atoms with Crippen molar-refractivity contribution in [1.29, 1.82) is 0 Å². The number of hydrogen-bond acceptors (Lipinski definition) is 6. The van der Waals surface area contributed by atoms with Gasteiger partial charge >= 0.3 is 0 Å². The Labute approximate surface area is 148 Å². The van der Waals surface area contributed by atoms with E-state index in [0.717, 1.165) is 0 Å². The van der Waals surface area contributed by atoms with Crippen LogP contribution in [0.2, 0.25) is 0 Å². The van der Waals surface area contributed by atoms with E-state index in [-0.39, 0.29) is 11.4 Å². The zero-order chi connectivity index (χ0) is 18.8. The lowest BCUT2D eigenvalue weighted by atomic mass is 9.91. The highest BCUT2D eigenvalue weighted by atomic mass is 16.6. The summed E-state index contributed by atoms with van der Waals surface area (Å²) in [5, 5.41) is 21.7. The standard InChI is InChI=1S/C18H14N4O4/c19-15-9-10-16(20)18(12-3-7-14(8-4-12)22(25)26)17(15)11-1-5-13(6-2-11)21(23)24/h1-10H,19-20H2. The predicted molar refractivity (Wildman–Crippen MR) is 99.4 cm³/mol. The molecule has 0 radical (unpaired) electrons. The molecule has 0 atom stereocenters. The molecule has 3 rings (SSSR count). The number of non-ortho nitro benzene ring substituents is 2. The first-order chi connectivity index (χ1) is 12.4. The molecule has 0 saturated carbocycles. The van der Waals surface area contributed by atoms with E-state index < -0.39 is 9.85 Å². The number of hydrogen-bond donors (Lipinski definition) is 2.